The Labute approximate surface area is 235 Å². The predicted molar refractivity (Wildman–Crippen MR) is 145 cm³/mol. The Bertz CT molecular complexity index is 1040. The van der Waals surface area contributed by atoms with Gasteiger partial charge in [-0.1, -0.05) is 20.8 Å². The van der Waals surface area contributed by atoms with Gasteiger partial charge in [0.05, 0.1) is 43.9 Å². The average Bonchev–Trinajstić information content (AvgIpc) is 2.83. The molecule has 0 heterocycles. The van der Waals surface area contributed by atoms with Crippen molar-refractivity contribution < 1.29 is 44.5 Å². The van der Waals surface area contributed by atoms with Crippen LogP contribution in [0.15, 0.2) is 0 Å². The lowest BCUT2D eigenvalue weighted by molar-refractivity contribution is -0.890. The molecule has 1 aromatic rings. The van der Waals surface area contributed by atoms with E-state index in [1.54, 1.807) is 20.8 Å². The minimum Gasteiger partial charge on any atom is -0.748 e. The molecule has 0 bridgehead atoms. The highest BCUT2D eigenvalue weighted by atomic mass is 32.2. The molecule has 1 unspecified atom stereocenters. The Hall–Kier alpha value is -1.57. The molecule has 226 valence electrons. The number of carbonyl (C=O) groups is 1. The van der Waals surface area contributed by atoms with Gasteiger partial charge in [-0.3, -0.25) is 4.79 Å². The molecule has 1 aromatic carbocycles. The van der Waals surface area contributed by atoms with E-state index in [-0.39, 0.29) is 31.8 Å². The number of halogens is 4. The molecule has 0 saturated heterocycles. The second-order valence-electron chi connectivity index (χ2n) is 11.1. The summed E-state index contributed by atoms with van der Waals surface area (Å²) in [6.07, 6.45) is 1.89. The largest absolute Gasteiger partial charge is 0.748 e. The van der Waals surface area contributed by atoms with E-state index in [0.717, 1.165) is 0 Å². The monoisotopic (exact) mass is 602 g/mol. The van der Waals surface area contributed by atoms with Crippen molar-refractivity contribution in [3.05, 3.63) is 28.8 Å². The Kier molecular flexibility index (Phi) is 14.0. The molecule has 0 aliphatic carbocycles. The zero-order chi connectivity index (χ0) is 30.0. The van der Waals surface area contributed by atoms with Gasteiger partial charge in [-0.25, -0.2) is 17.2 Å². The normalized spacial score (nSPS) is 13.4. The SMILES string of the molecule is CCC(CC(C)(C)C(=O)NCCC[N+](C)(C)CCCS(=O)(=O)[O-])c1c(F)c(F)c(OCCCCS)c(F)c1F. The molecular formula is C26H42F4N2O5S2. The lowest BCUT2D eigenvalue weighted by Gasteiger charge is -2.31. The lowest BCUT2D eigenvalue weighted by atomic mass is 9.77. The van der Waals surface area contributed by atoms with E-state index >= 15 is 0 Å². The van der Waals surface area contributed by atoms with Gasteiger partial charge in [0.1, 0.15) is 0 Å². The van der Waals surface area contributed by atoms with Crippen molar-refractivity contribution in [1.29, 1.82) is 0 Å². The number of hydrogen-bond donors (Lipinski definition) is 2. The molecule has 1 amide bonds. The highest BCUT2D eigenvalue weighted by Crippen LogP contribution is 2.40. The van der Waals surface area contributed by atoms with E-state index in [4.69, 9.17) is 4.74 Å². The molecule has 0 saturated carbocycles. The second-order valence-corrected chi connectivity index (χ2v) is 13.0. The molecule has 39 heavy (non-hydrogen) atoms. The zero-order valence-electron chi connectivity index (χ0n) is 23.4. The van der Waals surface area contributed by atoms with Gasteiger partial charge in [0.25, 0.3) is 0 Å². The second kappa shape index (κ2) is 15.4. The summed E-state index contributed by atoms with van der Waals surface area (Å²) in [5, 5.41) is 2.80. The van der Waals surface area contributed by atoms with E-state index in [2.05, 4.69) is 17.9 Å². The number of nitrogens with zero attached hydrogens (tertiary/aromatic N) is 1. The summed E-state index contributed by atoms with van der Waals surface area (Å²) in [7, 11) is -0.497. The summed E-state index contributed by atoms with van der Waals surface area (Å²) in [5.74, 6) is -8.57. The van der Waals surface area contributed by atoms with E-state index in [9.17, 15) is 35.3 Å². The van der Waals surface area contributed by atoms with Gasteiger partial charge < -0.3 is 19.1 Å². The van der Waals surface area contributed by atoms with Crippen LogP contribution in [0.2, 0.25) is 0 Å². The molecule has 0 fully saturated rings. The van der Waals surface area contributed by atoms with E-state index in [1.165, 1.54) is 0 Å². The third kappa shape index (κ3) is 11.4. The fourth-order valence-corrected chi connectivity index (χ4v) is 5.10. The van der Waals surface area contributed by atoms with Crippen LogP contribution in [-0.2, 0) is 14.9 Å². The summed E-state index contributed by atoms with van der Waals surface area (Å²) in [5.41, 5.74) is -1.85. The minimum absolute atomic E-state index is 0.0601. The Morgan fingerprint density at radius 1 is 1.03 bits per heavy atom. The fourth-order valence-electron chi connectivity index (χ4n) is 4.39. The number of amides is 1. The van der Waals surface area contributed by atoms with Crippen molar-refractivity contribution >= 4 is 28.7 Å². The van der Waals surface area contributed by atoms with Gasteiger partial charge in [0, 0.05) is 36.1 Å². The first-order valence-corrected chi connectivity index (χ1v) is 15.3. The molecule has 1 atom stereocenters. The van der Waals surface area contributed by atoms with Crippen LogP contribution in [0.5, 0.6) is 5.75 Å². The summed E-state index contributed by atoms with van der Waals surface area (Å²) in [6.45, 7) is 6.07. The summed E-state index contributed by atoms with van der Waals surface area (Å²) in [6, 6.07) is 0. The van der Waals surface area contributed by atoms with Crippen LogP contribution in [-0.4, -0.2) is 75.2 Å². The van der Waals surface area contributed by atoms with Crippen LogP contribution in [0.25, 0.3) is 0 Å². The number of quaternary nitrogens is 1. The number of thiol groups is 1. The van der Waals surface area contributed by atoms with Gasteiger partial charge in [0.2, 0.25) is 17.5 Å². The first-order chi connectivity index (χ1) is 18.0. The maximum atomic E-state index is 15.0. The van der Waals surface area contributed by atoms with Crippen molar-refractivity contribution in [1.82, 2.24) is 5.32 Å². The number of nitrogens with one attached hydrogen (secondary N) is 1. The maximum absolute atomic E-state index is 15.0. The van der Waals surface area contributed by atoms with Crippen LogP contribution in [0, 0.1) is 28.7 Å². The molecular weight excluding hydrogens is 560 g/mol. The number of ether oxygens (including phenoxy) is 1. The number of unbranched alkanes of at least 4 members (excludes halogenated alkanes) is 1. The van der Waals surface area contributed by atoms with Crippen molar-refractivity contribution in [3.8, 4) is 5.75 Å². The van der Waals surface area contributed by atoms with Gasteiger partial charge in [-0.05, 0) is 37.4 Å². The molecule has 0 spiro atoms. The minimum atomic E-state index is -4.26. The Morgan fingerprint density at radius 2 is 1.59 bits per heavy atom. The summed E-state index contributed by atoms with van der Waals surface area (Å²) < 4.78 is 97.1. The molecule has 1 rings (SSSR count). The number of carbonyl (C=O) groups excluding carboxylic acids is 1. The van der Waals surface area contributed by atoms with E-state index < -0.39 is 61.8 Å². The van der Waals surface area contributed by atoms with Gasteiger partial charge >= 0.3 is 0 Å². The average molecular weight is 603 g/mol. The van der Waals surface area contributed by atoms with E-state index in [1.807, 2.05) is 14.1 Å². The van der Waals surface area contributed by atoms with Gasteiger partial charge in [-0.2, -0.15) is 21.4 Å². The molecule has 0 aliphatic heterocycles. The molecule has 0 aromatic heterocycles. The molecule has 1 N–H and O–H groups in total. The topological polar surface area (TPSA) is 95.5 Å². The van der Waals surface area contributed by atoms with Crippen LogP contribution in [0.1, 0.15) is 70.8 Å². The third-order valence-corrected chi connectivity index (χ3v) is 7.82. The first-order valence-electron chi connectivity index (χ1n) is 13.1. The third-order valence-electron chi connectivity index (χ3n) is 6.71. The molecule has 13 heteroatoms. The first kappa shape index (κ1) is 35.5. The quantitative estimate of drug-likeness (QED) is 0.0631. The lowest BCUT2D eigenvalue weighted by Crippen LogP contribution is -2.44. The number of hydrogen-bond acceptors (Lipinski definition) is 6. The standard InChI is InChI=1S/C26H42F4N2O5S2/c1-6-18(19-20(27)22(29)24(23(30)21(19)28)37-14-7-8-15-38)17-26(2,3)25(33)31-11-9-12-32(4,5)13-10-16-39(34,35)36/h18H,6-17H2,1-5H3,(H2-,31,33,34,35,36,38). The van der Waals surface area contributed by atoms with Crippen LogP contribution in [0.3, 0.4) is 0 Å². The molecule has 0 aliphatic rings. The van der Waals surface area contributed by atoms with Gasteiger partial charge in [0.15, 0.2) is 17.4 Å². The Morgan fingerprint density at radius 3 is 2.10 bits per heavy atom. The van der Waals surface area contributed by atoms with Crippen molar-refractivity contribution in [2.75, 3.05) is 51.8 Å². The smallest absolute Gasteiger partial charge is 0.225 e. The summed E-state index contributed by atoms with van der Waals surface area (Å²) in [4.78, 5) is 12.9. The van der Waals surface area contributed by atoms with Crippen molar-refractivity contribution in [2.45, 2.75) is 65.2 Å². The van der Waals surface area contributed by atoms with E-state index in [0.29, 0.717) is 49.1 Å². The highest BCUT2D eigenvalue weighted by molar-refractivity contribution is 7.85. The number of benzene rings is 1. The number of rotatable bonds is 18. The molecule has 7 nitrogen and oxygen atoms in total. The van der Waals surface area contributed by atoms with Crippen LogP contribution < -0.4 is 10.1 Å². The van der Waals surface area contributed by atoms with Gasteiger partial charge in [-0.15, -0.1) is 0 Å². The zero-order valence-corrected chi connectivity index (χ0v) is 25.1. The fraction of sp³-hybridized carbons (Fsp3) is 0.731. The Balaban J connectivity index is 2.84. The summed E-state index contributed by atoms with van der Waals surface area (Å²) >= 11 is 4.02. The van der Waals surface area contributed by atoms with Crippen LogP contribution >= 0.6 is 12.6 Å². The van der Waals surface area contributed by atoms with Crippen molar-refractivity contribution in [2.24, 2.45) is 5.41 Å². The maximum Gasteiger partial charge on any atom is 0.225 e. The predicted octanol–water partition coefficient (Wildman–Crippen LogP) is 4.76. The van der Waals surface area contributed by atoms with Crippen LogP contribution in [0.4, 0.5) is 17.6 Å². The molecule has 0 radical (unpaired) electrons. The van der Waals surface area contributed by atoms with Crippen molar-refractivity contribution in [3.63, 3.8) is 0 Å². The highest BCUT2D eigenvalue weighted by Gasteiger charge is 2.36.